The standard InChI is InChI=1S/C22H32O3S/c23-22(24)14-7-2-1-6-12-20-17-26-18-21(20)13-8-9-15-25-16-19-10-4-3-5-11-19/h1,3-6,10-11,20-21H,2,7-9,12-18H2,(H,23,24)/b6-1-/t20-,21+/m0/s1. The van der Waals surface area contributed by atoms with Crippen molar-refractivity contribution in [2.45, 2.75) is 51.6 Å². The van der Waals surface area contributed by atoms with Gasteiger partial charge < -0.3 is 9.84 Å². The van der Waals surface area contributed by atoms with Crippen LogP contribution in [0.15, 0.2) is 42.5 Å². The molecule has 0 aliphatic carbocycles. The molecule has 1 fully saturated rings. The first kappa shape index (κ1) is 21.0. The molecule has 1 aromatic carbocycles. The number of rotatable bonds is 13. The second kappa shape index (κ2) is 13.0. The van der Waals surface area contributed by atoms with Gasteiger partial charge in [0.1, 0.15) is 0 Å². The monoisotopic (exact) mass is 376 g/mol. The van der Waals surface area contributed by atoms with Gasteiger partial charge in [0.25, 0.3) is 0 Å². The van der Waals surface area contributed by atoms with Crippen molar-refractivity contribution < 1.29 is 14.6 Å². The summed E-state index contributed by atoms with van der Waals surface area (Å²) in [5, 5.41) is 8.64. The molecule has 4 heteroatoms. The molecule has 0 spiro atoms. The normalized spacial score (nSPS) is 20.0. The maximum Gasteiger partial charge on any atom is 0.303 e. The van der Waals surface area contributed by atoms with E-state index in [1.165, 1.54) is 29.9 Å². The first-order valence-corrected chi connectivity index (χ1v) is 11.0. The lowest BCUT2D eigenvalue weighted by Gasteiger charge is -2.17. The molecular weight excluding hydrogens is 344 g/mol. The van der Waals surface area contributed by atoms with Crippen LogP contribution in [-0.2, 0) is 16.1 Å². The van der Waals surface area contributed by atoms with Crippen LogP contribution in [0.25, 0.3) is 0 Å². The Morgan fingerprint density at radius 3 is 2.73 bits per heavy atom. The van der Waals surface area contributed by atoms with Gasteiger partial charge in [0.2, 0.25) is 0 Å². The van der Waals surface area contributed by atoms with Crippen molar-refractivity contribution in [3.05, 3.63) is 48.0 Å². The Kier molecular flexibility index (Phi) is 10.5. The highest BCUT2D eigenvalue weighted by atomic mass is 32.2. The minimum atomic E-state index is -0.696. The minimum absolute atomic E-state index is 0.276. The van der Waals surface area contributed by atoms with Crippen LogP contribution in [0.5, 0.6) is 0 Å². The zero-order valence-corrected chi connectivity index (χ0v) is 16.5. The van der Waals surface area contributed by atoms with Crippen LogP contribution >= 0.6 is 11.8 Å². The average Bonchev–Trinajstić information content (AvgIpc) is 3.09. The van der Waals surface area contributed by atoms with Crippen LogP contribution in [0.1, 0.15) is 50.5 Å². The van der Waals surface area contributed by atoms with Gasteiger partial charge in [-0.3, -0.25) is 4.79 Å². The molecule has 1 aliphatic rings. The fraction of sp³-hybridized carbons (Fsp3) is 0.591. The number of carbonyl (C=O) groups is 1. The first-order chi connectivity index (χ1) is 12.8. The molecule has 144 valence electrons. The van der Waals surface area contributed by atoms with Crippen LogP contribution in [0.3, 0.4) is 0 Å². The van der Waals surface area contributed by atoms with E-state index in [4.69, 9.17) is 9.84 Å². The molecule has 0 amide bonds. The van der Waals surface area contributed by atoms with Gasteiger partial charge in [-0.25, -0.2) is 0 Å². The third kappa shape index (κ3) is 8.91. The highest BCUT2D eigenvalue weighted by Crippen LogP contribution is 2.35. The molecule has 1 aromatic rings. The van der Waals surface area contributed by atoms with Gasteiger partial charge in [0.15, 0.2) is 0 Å². The van der Waals surface area contributed by atoms with Crippen molar-refractivity contribution in [3.8, 4) is 0 Å². The predicted octanol–water partition coefficient (Wildman–Crippen LogP) is 5.55. The number of carboxylic acid groups (broad SMARTS) is 1. The van der Waals surface area contributed by atoms with Gasteiger partial charge in [0, 0.05) is 13.0 Å². The van der Waals surface area contributed by atoms with Crippen molar-refractivity contribution in [1.29, 1.82) is 0 Å². The van der Waals surface area contributed by atoms with Gasteiger partial charge in [-0.15, -0.1) is 0 Å². The quantitative estimate of drug-likeness (QED) is 0.362. The number of allylic oxidation sites excluding steroid dienone is 2. The summed E-state index contributed by atoms with van der Waals surface area (Å²) < 4.78 is 5.77. The molecule has 0 bridgehead atoms. The number of hydrogen-bond acceptors (Lipinski definition) is 3. The molecule has 26 heavy (non-hydrogen) atoms. The number of unbranched alkanes of at least 4 members (excludes halogenated alkanes) is 2. The first-order valence-electron chi connectivity index (χ1n) is 9.82. The Morgan fingerprint density at radius 1 is 1.12 bits per heavy atom. The number of aliphatic carboxylic acids is 1. The lowest BCUT2D eigenvalue weighted by Crippen LogP contribution is -2.12. The van der Waals surface area contributed by atoms with E-state index in [1.54, 1.807) is 0 Å². The van der Waals surface area contributed by atoms with E-state index >= 15 is 0 Å². The Balaban J connectivity index is 1.51. The van der Waals surface area contributed by atoms with Crippen LogP contribution in [-0.4, -0.2) is 29.2 Å². The summed E-state index contributed by atoms with van der Waals surface area (Å²) in [6.45, 7) is 1.57. The van der Waals surface area contributed by atoms with E-state index < -0.39 is 5.97 Å². The highest BCUT2D eigenvalue weighted by molar-refractivity contribution is 7.99. The van der Waals surface area contributed by atoms with Gasteiger partial charge in [0.05, 0.1) is 6.61 Å². The summed E-state index contributed by atoms with van der Waals surface area (Å²) in [4.78, 5) is 10.5. The van der Waals surface area contributed by atoms with Crippen LogP contribution in [0.4, 0.5) is 0 Å². The number of hydrogen-bond donors (Lipinski definition) is 1. The van der Waals surface area contributed by atoms with Crippen LogP contribution < -0.4 is 0 Å². The number of benzene rings is 1. The fourth-order valence-electron chi connectivity index (χ4n) is 3.36. The molecule has 1 aliphatic heterocycles. The van der Waals surface area contributed by atoms with Gasteiger partial charge in [-0.05, 0) is 61.0 Å². The van der Waals surface area contributed by atoms with Crippen molar-refractivity contribution in [2.24, 2.45) is 11.8 Å². The molecule has 2 rings (SSSR count). The third-order valence-electron chi connectivity index (χ3n) is 4.92. The summed E-state index contributed by atoms with van der Waals surface area (Å²) >= 11 is 2.09. The summed E-state index contributed by atoms with van der Waals surface area (Å²) in [7, 11) is 0. The van der Waals surface area contributed by atoms with E-state index in [-0.39, 0.29) is 6.42 Å². The van der Waals surface area contributed by atoms with Crippen LogP contribution in [0.2, 0.25) is 0 Å². The topological polar surface area (TPSA) is 46.5 Å². The number of carboxylic acids is 1. The molecule has 0 aromatic heterocycles. The van der Waals surface area contributed by atoms with E-state index in [0.29, 0.717) is 0 Å². The average molecular weight is 377 g/mol. The predicted molar refractivity (Wildman–Crippen MR) is 109 cm³/mol. The molecular formula is C22H32O3S. The summed E-state index contributed by atoms with van der Waals surface area (Å²) in [6, 6.07) is 10.4. The SMILES string of the molecule is O=C(O)CCC/C=C\C[C@H]1CSC[C@H]1CCCCOCc1ccccc1. The summed E-state index contributed by atoms with van der Waals surface area (Å²) in [5.74, 6) is 3.49. The van der Waals surface area contributed by atoms with E-state index in [9.17, 15) is 4.79 Å². The van der Waals surface area contributed by atoms with E-state index in [1.807, 2.05) is 6.07 Å². The Bertz CT molecular complexity index is 529. The Labute approximate surface area is 162 Å². The van der Waals surface area contributed by atoms with Crippen molar-refractivity contribution in [2.75, 3.05) is 18.1 Å². The minimum Gasteiger partial charge on any atom is -0.481 e. The lowest BCUT2D eigenvalue weighted by molar-refractivity contribution is -0.137. The number of thioether (sulfide) groups is 1. The van der Waals surface area contributed by atoms with Crippen LogP contribution in [0, 0.1) is 11.8 Å². The second-order valence-corrected chi connectivity index (χ2v) is 8.16. The molecule has 2 atom stereocenters. The third-order valence-corrected chi connectivity index (χ3v) is 6.25. The highest BCUT2D eigenvalue weighted by Gasteiger charge is 2.26. The maximum atomic E-state index is 10.5. The molecule has 1 saturated heterocycles. The lowest BCUT2D eigenvalue weighted by atomic mass is 9.88. The Morgan fingerprint density at radius 2 is 1.92 bits per heavy atom. The van der Waals surface area contributed by atoms with Gasteiger partial charge in [-0.1, -0.05) is 48.9 Å². The second-order valence-electron chi connectivity index (χ2n) is 7.08. The van der Waals surface area contributed by atoms with Gasteiger partial charge >= 0.3 is 5.97 Å². The largest absolute Gasteiger partial charge is 0.481 e. The molecule has 0 saturated carbocycles. The molecule has 0 radical (unpaired) electrons. The number of ether oxygens (including phenoxy) is 1. The molecule has 1 heterocycles. The molecule has 1 N–H and O–H groups in total. The molecule has 0 unspecified atom stereocenters. The van der Waals surface area contributed by atoms with Crippen molar-refractivity contribution in [1.82, 2.24) is 0 Å². The zero-order valence-electron chi connectivity index (χ0n) is 15.6. The maximum absolute atomic E-state index is 10.5. The molecule has 3 nitrogen and oxygen atoms in total. The zero-order chi connectivity index (χ0) is 18.5. The van der Waals surface area contributed by atoms with Crippen molar-refractivity contribution >= 4 is 17.7 Å². The summed E-state index contributed by atoms with van der Waals surface area (Å²) in [5.41, 5.74) is 1.25. The van der Waals surface area contributed by atoms with E-state index in [0.717, 1.165) is 50.7 Å². The van der Waals surface area contributed by atoms with Gasteiger partial charge in [-0.2, -0.15) is 11.8 Å². The summed E-state index contributed by atoms with van der Waals surface area (Å²) in [6.07, 6.45) is 11.2. The smallest absolute Gasteiger partial charge is 0.303 e. The Hall–Kier alpha value is -1.26. The van der Waals surface area contributed by atoms with E-state index in [2.05, 4.69) is 48.2 Å². The fourth-order valence-corrected chi connectivity index (χ4v) is 4.95. The van der Waals surface area contributed by atoms with Crippen molar-refractivity contribution in [3.63, 3.8) is 0 Å².